The largest absolute Gasteiger partial charge is 0.376 e. The molecule has 0 aliphatic carbocycles. The number of nitrogens with zero attached hydrogens (tertiary/aromatic N) is 2. The van der Waals surface area contributed by atoms with E-state index < -0.39 is 0 Å². The van der Waals surface area contributed by atoms with Crippen LogP contribution in [-0.2, 0) is 16.1 Å². The number of hydrogen-bond donors (Lipinski definition) is 1. The average molecular weight is 382 g/mol. The topological polar surface area (TPSA) is 55.6 Å². The van der Waals surface area contributed by atoms with Crippen molar-refractivity contribution in [2.75, 3.05) is 18.5 Å². The number of amides is 1. The number of thiazole rings is 1. The smallest absolute Gasteiger partial charge is 0.244 e. The summed E-state index contributed by atoms with van der Waals surface area (Å²) in [4.78, 5) is 18.3. The SMILES string of the molecule is Cc1ccc(NC(=O)Cn2c(=NCC3CCCO3)sc3ccccc32)cc1. The molecule has 1 N–H and O–H groups in total. The van der Waals surface area contributed by atoms with E-state index >= 15 is 0 Å². The zero-order valence-corrected chi connectivity index (χ0v) is 16.2. The Morgan fingerprint density at radius 3 is 2.85 bits per heavy atom. The first-order valence-electron chi connectivity index (χ1n) is 9.26. The Morgan fingerprint density at radius 2 is 2.07 bits per heavy atom. The minimum absolute atomic E-state index is 0.0547. The second kappa shape index (κ2) is 8.06. The van der Waals surface area contributed by atoms with Crippen LogP contribution in [0.15, 0.2) is 53.5 Å². The number of aryl methyl sites for hydroxylation is 1. The molecule has 1 aliphatic heterocycles. The highest BCUT2D eigenvalue weighted by molar-refractivity contribution is 7.16. The summed E-state index contributed by atoms with van der Waals surface area (Å²) < 4.78 is 8.81. The number of fused-ring (bicyclic) bond motifs is 1. The van der Waals surface area contributed by atoms with E-state index in [0.29, 0.717) is 6.54 Å². The van der Waals surface area contributed by atoms with Gasteiger partial charge in [-0.05, 0) is 44.0 Å². The molecule has 1 aliphatic rings. The normalized spacial score (nSPS) is 17.5. The lowest BCUT2D eigenvalue weighted by atomic mass is 10.2. The van der Waals surface area contributed by atoms with Crippen molar-refractivity contribution in [3.8, 4) is 0 Å². The lowest BCUT2D eigenvalue weighted by molar-refractivity contribution is -0.116. The van der Waals surface area contributed by atoms with Crippen LogP contribution in [0, 0.1) is 6.92 Å². The molecular formula is C21H23N3O2S. The van der Waals surface area contributed by atoms with Gasteiger partial charge in [0.1, 0.15) is 6.54 Å². The zero-order chi connectivity index (χ0) is 18.6. The standard InChI is InChI=1S/C21H23N3O2S/c1-15-8-10-16(11-9-15)23-20(25)14-24-18-6-2-3-7-19(18)27-21(24)22-13-17-5-4-12-26-17/h2-3,6-11,17H,4-5,12-14H2,1H3,(H,23,25). The van der Waals surface area contributed by atoms with E-state index in [9.17, 15) is 4.79 Å². The molecule has 1 unspecified atom stereocenters. The molecule has 1 saturated heterocycles. The lowest BCUT2D eigenvalue weighted by Crippen LogP contribution is -2.26. The van der Waals surface area contributed by atoms with Gasteiger partial charge in [-0.25, -0.2) is 0 Å². The van der Waals surface area contributed by atoms with Gasteiger partial charge in [0.25, 0.3) is 0 Å². The van der Waals surface area contributed by atoms with Gasteiger partial charge < -0.3 is 14.6 Å². The minimum atomic E-state index is -0.0547. The van der Waals surface area contributed by atoms with Crippen LogP contribution in [0.25, 0.3) is 10.2 Å². The van der Waals surface area contributed by atoms with E-state index in [4.69, 9.17) is 9.73 Å². The summed E-state index contributed by atoms with van der Waals surface area (Å²) in [5.41, 5.74) is 3.01. The third-order valence-corrected chi connectivity index (χ3v) is 5.78. The van der Waals surface area contributed by atoms with Crippen LogP contribution in [0.2, 0.25) is 0 Å². The summed E-state index contributed by atoms with van der Waals surface area (Å²) >= 11 is 1.62. The van der Waals surface area contributed by atoms with Crippen molar-refractivity contribution in [1.29, 1.82) is 0 Å². The van der Waals surface area contributed by atoms with Gasteiger partial charge in [-0.2, -0.15) is 0 Å². The molecule has 1 atom stereocenters. The number of ether oxygens (including phenoxy) is 1. The second-order valence-corrected chi connectivity index (χ2v) is 7.84. The summed E-state index contributed by atoms with van der Waals surface area (Å²) in [6.07, 6.45) is 2.36. The van der Waals surface area contributed by atoms with Crippen LogP contribution < -0.4 is 10.1 Å². The van der Waals surface area contributed by atoms with Crippen LogP contribution in [0.5, 0.6) is 0 Å². The quantitative estimate of drug-likeness (QED) is 0.732. The third kappa shape index (κ3) is 4.28. The summed E-state index contributed by atoms with van der Waals surface area (Å²) in [6.45, 7) is 3.74. The van der Waals surface area contributed by atoms with Gasteiger partial charge in [0.2, 0.25) is 5.91 Å². The summed E-state index contributed by atoms with van der Waals surface area (Å²) in [5.74, 6) is -0.0547. The van der Waals surface area contributed by atoms with E-state index in [2.05, 4.69) is 11.4 Å². The fourth-order valence-corrected chi connectivity index (χ4v) is 4.28. The molecule has 4 rings (SSSR count). The number of para-hydroxylation sites is 1. The summed E-state index contributed by atoms with van der Waals surface area (Å²) in [7, 11) is 0. The first kappa shape index (κ1) is 17.9. The first-order valence-corrected chi connectivity index (χ1v) is 10.1. The summed E-state index contributed by atoms with van der Waals surface area (Å²) in [5, 5.41) is 2.98. The van der Waals surface area contributed by atoms with E-state index in [1.807, 2.05) is 54.0 Å². The Kier molecular flexibility index (Phi) is 5.36. The lowest BCUT2D eigenvalue weighted by Gasteiger charge is -2.08. The molecule has 0 bridgehead atoms. The second-order valence-electron chi connectivity index (χ2n) is 6.83. The fraction of sp³-hybridized carbons (Fsp3) is 0.333. The molecule has 0 spiro atoms. The van der Waals surface area contributed by atoms with Crippen LogP contribution in [0.1, 0.15) is 18.4 Å². The van der Waals surface area contributed by atoms with E-state index in [1.165, 1.54) is 5.56 Å². The van der Waals surface area contributed by atoms with Crippen LogP contribution >= 0.6 is 11.3 Å². The highest BCUT2D eigenvalue weighted by Crippen LogP contribution is 2.18. The maximum atomic E-state index is 12.6. The van der Waals surface area contributed by atoms with E-state index in [-0.39, 0.29) is 18.6 Å². The van der Waals surface area contributed by atoms with Gasteiger partial charge in [-0.15, -0.1) is 0 Å². The monoisotopic (exact) mass is 381 g/mol. The van der Waals surface area contributed by atoms with Crippen molar-refractivity contribution in [1.82, 2.24) is 4.57 Å². The molecule has 0 saturated carbocycles. The van der Waals surface area contributed by atoms with Gasteiger partial charge in [-0.1, -0.05) is 41.2 Å². The molecule has 6 heteroatoms. The Bertz CT molecular complexity index is 998. The molecular weight excluding hydrogens is 358 g/mol. The van der Waals surface area contributed by atoms with Gasteiger partial charge in [0, 0.05) is 12.3 Å². The van der Waals surface area contributed by atoms with Crippen LogP contribution in [-0.4, -0.2) is 29.7 Å². The van der Waals surface area contributed by atoms with Gasteiger partial charge in [0.15, 0.2) is 4.80 Å². The van der Waals surface area contributed by atoms with Crippen LogP contribution in [0.3, 0.4) is 0 Å². The van der Waals surface area contributed by atoms with Crippen LogP contribution in [0.4, 0.5) is 5.69 Å². The number of carbonyl (C=O) groups excluding carboxylic acids is 1. The molecule has 2 aromatic carbocycles. The highest BCUT2D eigenvalue weighted by atomic mass is 32.1. The zero-order valence-electron chi connectivity index (χ0n) is 15.4. The maximum Gasteiger partial charge on any atom is 0.244 e. The molecule has 3 aromatic rings. The molecule has 140 valence electrons. The Balaban J connectivity index is 1.58. The molecule has 1 amide bonds. The fourth-order valence-electron chi connectivity index (χ4n) is 3.24. The summed E-state index contributed by atoms with van der Waals surface area (Å²) in [6, 6.07) is 15.9. The van der Waals surface area contributed by atoms with Gasteiger partial charge in [0.05, 0.1) is 22.9 Å². The molecule has 1 aromatic heterocycles. The number of anilines is 1. The number of rotatable bonds is 5. The maximum absolute atomic E-state index is 12.6. The number of hydrogen-bond acceptors (Lipinski definition) is 4. The Morgan fingerprint density at radius 1 is 1.26 bits per heavy atom. The average Bonchev–Trinajstić information content (AvgIpc) is 3.30. The first-order chi connectivity index (χ1) is 13.2. The number of carbonyl (C=O) groups is 1. The predicted octanol–water partition coefficient (Wildman–Crippen LogP) is 3.73. The predicted molar refractivity (Wildman–Crippen MR) is 109 cm³/mol. The number of nitrogens with one attached hydrogen (secondary N) is 1. The van der Waals surface area contributed by atoms with E-state index in [0.717, 1.165) is 40.2 Å². The third-order valence-electron chi connectivity index (χ3n) is 4.68. The van der Waals surface area contributed by atoms with Crippen molar-refractivity contribution in [3.63, 3.8) is 0 Å². The Labute approximate surface area is 162 Å². The molecule has 0 radical (unpaired) electrons. The minimum Gasteiger partial charge on any atom is -0.376 e. The van der Waals surface area contributed by atoms with Gasteiger partial charge in [-0.3, -0.25) is 9.79 Å². The molecule has 2 heterocycles. The molecule has 1 fully saturated rings. The molecule has 27 heavy (non-hydrogen) atoms. The molecule has 5 nitrogen and oxygen atoms in total. The van der Waals surface area contributed by atoms with Crippen molar-refractivity contribution in [2.45, 2.75) is 32.4 Å². The highest BCUT2D eigenvalue weighted by Gasteiger charge is 2.15. The van der Waals surface area contributed by atoms with Crippen molar-refractivity contribution < 1.29 is 9.53 Å². The van der Waals surface area contributed by atoms with Crippen molar-refractivity contribution >= 4 is 33.1 Å². The van der Waals surface area contributed by atoms with Gasteiger partial charge >= 0.3 is 0 Å². The van der Waals surface area contributed by atoms with Crippen molar-refractivity contribution in [2.24, 2.45) is 4.99 Å². The van der Waals surface area contributed by atoms with E-state index in [1.54, 1.807) is 11.3 Å². The number of benzene rings is 2. The van der Waals surface area contributed by atoms with Crippen molar-refractivity contribution in [3.05, 3.63) is 58.9 Å². The Hall–Kier alpha value is -2.44. The number of aromatic nitrogens is 1.